The van der Waals surface area contributed by atoms with Crippen LogP contribution in [-0.2, 0) is 6.54 Å². The molecule has 1 unspecified atom stereocenters. The van der Waals surface area contributed by atoms with Crippen LogP contribution in [0, 0.1) is 0 Å². The number of aliphatic hydroxyl groups excluding tert-OH is 1. The third kappa shape index (κ3) is 8.75. The number of benzene rings is 1. The normalized spacial score (nSPS) is 12.3. The van der Waals surface area contributed by atoms with Gasteiger partial charge in [0.2, 0.25) is 0 Å². The summed E-state index contributed by atoms with van der Waals surface area (Å²) in [4.78, 5) is 11.1. The van der Waals surface area contributed by atoms with E-state index in [1.807, 2.05) is 69.4 Å². The molecular formula is C20H32IN5O2S. The molecule has 0 bridgehead atoms. The van der Waals surface area contributed by atoms with Crippen LogP contribution in [-0.4, -0.2) is 49.3 Å². The number of rotatable bonds is 9. The van der Waals surface area contributed by atoms with Gasteiger partial charge in [0.25, 0.3) is 0 Å². The monoisotopic (exact) mass is 533 g/mol. The molecule has 1 aromatic carbocycles. The molecule has 0 aliphatic carbocycles. The number of nitrogens with zero attached hydrogens (tertiary/aromatic N) is 3. The summed E-state index contributed by atoms with van der Waals surface area (Å²) >= 11 is 1.60. The van der Waals surface area contributed by atoms with Crippen LogP contribution in [0.4, 0.5) is 5.13 Å². The minimum Gasteiger partial charge on any atom is -0.491 e. The number of hydrogen-bond acceptors (Lipinski definition) is 6. The van der Waals surface area contributed by atoms with E-state index in [4.69, 9.17) is 4.74 Å². The Kier molecular flexibility index (Phi) is 11.3. The van der Waals surface area contributed by atoms with E-state index in [-0.39, 0.29) is 30.1 Å². The first-order chi connectivity index (χ1) is 13.4. The molecule has 2 aromatic rings. The summed E-state index contributed by atoms with van der Waals surface area (Å²) in [5, 5.41) is 19.9. The van der Waals surface area contributed by atoms with Crippen molar-refractivity contribution < 1.29 is 9.84 Å². The van der Waals surface area contributed by atoms with Gasteiger partial charge in [0.15, 0.2) is 11.1 Å². The third-order valence-electron chi connectivity index (χ3n) is 3.74. The molecule has 1 heterocycles. The number of halogens is 1. The van der Waals surface area contributed by atoms with Crippen molar-refractivity contribution in [3.05, 3.63) is 40.9 Å². The Morgan fingerprint density at radius 3 is 2.69 bits per heavy atom. The first kappa shape index (κ1) is 25.4. The van der Waals surface area contributed by atoms with Crippen molar-refractivity contribution in [3.8, 4) is 5.75 Å². The topological polar surface area (TPSA) is 82.0 Å². The number of ether oxygens (including phenoxy) is 1. The molecule has 2 rings (SSSR count). The van der Waals surface area contributed by atoms with Gasteiger partial charge < -0.3 is 25.4 Å². The third-order valence-corrected chi connectivity index (χ3v) is 4.80. The summed E-state index contributed by atoms with van der Waals surface area (Å²) in [7, 11) is 3.94. The van der Waals surface area contributed by atoms with Crippen LogP contribution in [0.2, 0.25) is 0 Å². The summed E-state index contributed by atoms with van der Waals surface area (Å²) in [6.07, 6.45) is -0.573. The van der Waals surface area contributed by atoms with Crippen LogP contribution in [0.15, 0.2) is 34.6 Å². The molecule has 0 fully saturated rings. The highest BCUT2D eigenvalue weighted by atomic mass is 127. The van der Waals surface area contributed by atoms with Crippen LogP contribution in [0.1, 0.15) is 38.1 Å². The van der Waals surface area contributed by atoms with E-state index in [1.165, 1.54) is 0 Å². The zero-order valence-electron chi connectivity index (χ0n) is 17.7. The molecule has 162 valence electrons. The van der Waals surface area contributed by atoms with E-state index in [2.05, 4.69) is 20.6 Å². The predicted molar refractivity (Wildman–Crippen MR) is 132 cm³/mol. The number of aliphatic hydroxyl groups is 1. The molecule has 0 radical (unpaired) electrons. The van der Waals surface area contributed by atoms with Crippen LogP contribution in [0.5, 0.6) is 5.75 Å². The maximum absolute atomic E-state index is 10.5. The molecule has 0 amide bonds. The largest absolute Gasteiger partial charge is 0.491 e. The van der Waals surface area contributed by atoms with Gasteiger partial charge in [-0.3, -0.25) is 0 Å². The standard InChI is InChI=1S/C20H31N5O2S.HI/c1-6-21-19(22-11-16-13-28-20(24-16)25(4)5)23-12-18(26)15-8-7-9-17(10-15)27-14(2)3;/h7-10,13-14,18,26H,6,11-12H2,1-5H3,(H2,21,22,23);1H. The van der Waals surface area contributed by atoms with E-state index < -0.39 is 6.10 Å². The van der Waals surface area contributed by atoms with Crippen molar-refractivity contribution in [1.82, 2.24) is 15.6 Å². The van der Waals surface area contributed by atoms with Gasteiger partial charge >= 0.3 is 0 Å². The molecule has 0 aliphatic rings. The Morgan fingerprint density at radius 1 is 1.31 bits per heavy atom. The maximum atomic E-state index is 10.5. The number of guanidine groups is 1. The number of nitrogens with one attached hydrogen (secondary N) is 2. The lowest BCUT2D eigenvalue weighted by atomic mass is 10.1. The van der Waals surface area contributed by atoms with E-state index in [9.17, 15) is 5.11 Å². The maximum Gasteiger partial charge on any atom is 0.191 e. The smallest absolute Gasteiger partial charge is 0.191 e. The first-order valence-electron chi connectivity index (χ1n) is 9.47. The first-order valence-corrected chi connectivity index (χ1v) is 10.4. The van der Waals surface area contributed by atoms with Gasteiger partial charge in [0.05, 0.1) is 24.4 Å². The highest BCUT2D eigenvalue weighted by Crippen LogP contribution is 2.20. The van der Waals surface area contributed by atoms with Crippen LogP contribution < -0.4 is 20.3 Å². The number of anilines is 1. The van der Waals surface area contributed by atoms with E-state index in [0.29, 0.717) is 19.0 Å². The Bertz CT molecular complexity index is 767. The van der Waals surface area contributed by atoms with Gasteiger partial charge in [-0.25, -0.2) is 9.98 Å². The zero-order valence-corrected chi connectivity index (χ0v) is 20.8. The van der Waals surface area contributed by atoms with Gasteiger partial charge in [0, 0.05) is 32.6 Å². The second-order valence-corrected chi connectivity index (χ2v) is 7.68. The summed E-state index contributed by atoms with van der Waals surface area (Å²) in [6, 6.07) is 7.54. The number of thiazole rings is 1. The quantitative estimate of drug-likeness (QED) is 0.261. The minimum absolute atomic E-state index is 0. The minimum atomic E-state index is -0.667. The van der Waals surface area contributed by atoms with Crippen LogP contribution in [0.25, 0.3) is 0 Å². The van der Waals surface area contributed by atoms with E-state index in [1.54, 1.807) is 11.3 Å². The second-order valence-electron chi connectivity index (χ2n) is 6.85. The summed E-state index contributed by atoms with van der Waals surface area (Å²) in [6.45, 7) is 7.53. The predicted octanol–water partition coefficient (Wildman–Crippen LogP) is 3.40. The lowest BCUT2D eigenvalue weighted by molar-refractivity contribution is 0.179. The molecule has 0 saturated carbocycles. The van der Waals surface area contributed by atoms with Gasteiger partial charge in [0.1, 0.15) is 5.75 Å². The zero-order chi connectivity index (χ0) is 20.5. The molecule has 7 nitrogen and oxygen atoms in total. The van der Waals surface area contributed by atoms with E-state index in [0.717, 1.165) is 28.7 Å². The Hall–Kier alpha value is -1.59. The summed E-state index contributed by atoms with van der Waals surface area (Å²) in [5.41, 5.74) is 1.72. The molecule has 0 saturated heterocycles. The molecule has 0 spiro atoms. The summed E-state index contributed by atoms with van der Waals surface area (Å²) < 4.78 is 5.70. The average Bonchev–Trinajstić information content (AvgIpc) is 3.13. The summed E-state index contributed by atoms with van der Waals surface area (Å²) in [5.74, 6) is 1.41. The fourth-order valence-corrected chi connectivity index (χ4v) is 3.20. The van der Waals surface area contributed by atoms with E-state index >= 15 is 0 Å². The Morgan fingerprint density at radius 2 is 2.07 bits per heavy atom. The van der Waals surface area contributed by atoms with Gasteiger partial charge in [-0.2, -0.15) is 0 Å². The highest BCUT2D eigenvalue weighted by molar-refractivity contribution is 14.0. The number of hydrogen-bond donors (Lipinski definition) is 3. The SMILES string of the molecule is CCNC(=NCc1csc(N(C)C)n1)NCC(O)c1cccc(OC(C)C)c1.I. The molecule has 1 atom stereocenters. The highest BCUT2D eigenvalue weighted by Gasteiger charge is 2.10. The molecule has 29 heavy (non-hydrogen) atoms. The van der Waals surface area contributed by atoms with Crippen LogP contribution in [0.3, 0.4) is 0 Å². The fourth-order valence-electron chi connectivity index (χ4n) is 2.45. The van der Waals surface area contributed by atoms with Crippen molar-refractivity contribution in [1.29, 1.82) is 0 Å². The molecular weight excluding hydrogens is 501 g/mol. The average molecular weight is 533 g/mol. The van der Waals surface area contributed by atoms with Crippen molar-refractivity contribution in [2.75, 3.05) is 32.1 Å². The van der Waals surface area contributed by atoms with Gasteiger partial charge in [-0.1, -0.05) is 12.1 Å². The Labute approximate surface area is 194 Å². The molecule has 1 aromatic heterocycles. The van der Waals surface area contributed by atoms with Crippen molar-refractivity contribution in [2.24, 2.45) is 4.99 Å². The molecule has 3 N–H and O–H groups in total. The Balaban J connectivity index is 0.00000420. The fraction of sp³-hybridized carbons (Fsp3) is 0.500. The molecule has 0 aliphatic heterocycles. The second kappa shape index (κ2) is 12.9. The lowest BCUT2D eigenvalue weighted by Crippen LogP contribution is -2.39. The van der Waals surface area contributed by atoms with Crippen molar-refractivity contribution in [3.63, 3.8) is 0 Å². The van der Waals surface area contributed by atoms with Crippen LogP contribution >= 0.6 is 35.3 Å². The number of aliphatic imine (C=N–C) groups is 1. The van der Waals surface area contributed by atoms with Gasteiger partial charge in [-0.05, 0) is 38.5 Å². The van der Waals surface area contributed by atoms with Gasteiger partial charge in [-0.15, -0.1) is 35.3 Å². The number of aromatic nitrogens is 1. The van der Waals surface area contributed by atoms with Crippen molar-refractivity contribution >= 4 is 46.4 Å². The van der Waals surface area contributed by atoms with Crippen molar-refractivity contribution in [2.45, 2.75) is 39.5 Å². The lowest BCUT2D eigenvalue weighted by Gasteiger charge is -2.17. The molecule has 9 heteroatoms.